The van der Waals surface area contributed by atoms with Crippen LogP contribution in [0.1, 0.15) is 29.2 Å². The summed E-state index contributed by atoms with van der Waals surface area (Å²) < 4.78 is 13.6. The zero-order valence-electron chi connectivity index (χ0n) is 7.26. The van der Waals surface area contributed by atoms with Crippen molar-refractivity contribution in [1.29, 1.82) is 0 Å². The molecule has 1 aliphatic rings. The van der Waals surface area contributed by atoms with E-state index in [2.05, 4.69) is 0 Å². The lowest BCUT2D eigenvalue weighted by Crippen LogP contribution is -2.09. The summed E-state index contributed by atoms with van der Waals surface area (Å²) in [6, 6.07) is 3.30. The molecule has 0 heterocycles. The molecule has 0 spiro atoms. The van der Waals surface area contributed by atoms with Crippen LogP contribution in [0, 0.1) is 5.82 Å². The van der Waals surface area contributed by atoms with Crippen LogP contribution in [-0.2, 0) is 13.0 Å². The number of nitrogens with two attached hydrogens (primary N) is 1. The van der Waals surface area contributed by atoms with E-state index in [1.165, 1.54) is 0 Å². The summed E-state index contributed by atoms with van der Waals surface area (Å²) in [4.78, 5) is 0. The molecule has 0 saturated carbocycles. The van der Waals surface area contributed by atoms with Crippen LogP contribution in [0.3, 0.4) is 0 Å². The van der Waals surface area contributed by atoms with E-state index < -0.39 is 0 Å². The fraction of sp³-hybridized carbons (Fsp3) is 0.400. The maximum Gasteiger partial charge on any atom is 0.133 e. The van der Waals surface area contributed by atoms with E-state index in [1.807, 2.05) is 6.07 Å². The minimum absolute atomic E-state index is 0.193. The first-order valence-corrected chi connectivity index (χ1v) is 4.40. The Morgan fingerprint density at radius 3 is 3.00 bits per heavy atom. The van der Waals surface area contributed by atoms with Gasteiger partial charge in [0.25, 0.3) is 0 Å². The van der Waals surface area contributed by atoms with Crippen molar-refractivity contribution in [3.63, 3.8) is 0 Å². The third-order valence-corrected chi connectivity index (χ3v) is 2.62. The van der Waals surface area contributed by atoms with Crippen LogP contribution >= 0.6 is 0 Å². The van der Waals surface area contributed by atoms with Crippen LogP contribution in [-0.4, -0.2) is 5.11 Å². The lowest BCUT2D eigenvalue weighted by molar-refractivity contribution is 0.275. The molecule has 1 atom stereocenters. The van der Waals surface area contributed by atoms with Gasteiger partial charge in [0.05, 0.1) is 6.61 Å². The van der Waals surface area contributed by atoms with Gasteiger partial charge in [-0.2, -0.15) is 0 Å². The molecule has 2 rings (SSSR count). The van der Waals surface area contributed by atoms with Gasteiger partial charge in [-0.05, 0) is 18.4 Å². The average Bonchev–Trinajstić information content (AvgIpc) is 2.49. The Labute approximate surface area is 76.2 Å². The molecule has 0 aromatic heterocycles. The van der Waals surface area contributed by atoms with Crippen molar-refractivity contribution in [3.05, 3.63) is 34.6 Å². The van der Waals surface area contributed by atoms with Gasteiger partial charge in [0.1, 0.15) is 5.82 Å². The maximum absolute atomic E-state index is 13.6. The predicted molar refractivity (Wildman–Crippen MR) is 47.6 cm³/mol. The van der Waals surface area contributed by atoms with Gasteiger partial charge in [-0.1, -0.05) is 12.1 Å². The summed E-state index contributed by atoms with van der Waals surface area (Å²) in [6.45, 7) is -0.258. The lowest BCUT2D eigenvalue weighted by Gasteiger charge is -2.08. The third-order valence-electron chi connectivity index (χ3n) is 2.62. The van der Waals surface area contributed by atoms with Crippen molar-refractivity contribution >= 4 is 0 Å². The Morgan fingerprint density at radius 1 is 1.54 bits per heavy atom. The Hall–Kier alpha value is -0.930. The van der Waals surface area contributed by atoms with Crippen molar-refractivity contribution < 1.29 is 9.50 Å². The van der Waals surface area contributed by atoms with Gasteiger partial charge >= 0.3 is 0 Å². The normalized spacial score (nSPS) is 20.4. The topological polar surface area (TPSA) is 46.2 Å². The zero-order valence-corrected chi connectivity index (χ0v) is 7.26. The minimum Gasteiger partial charge on any atom is -0.392 e. The van der Waals surface area contributed by atoms with Crippen LogP contribution in [0.2, 0.25) is 0 Å². The summed E-state index contributed by atoms with van der Waals surface area (Å²) in [5.74, 6) is -0.315. The van der Waals surface area contributed by atoms with Gasteiger partial charge in [0.15, 0.2) is 0 Å². The largest absolute Gasteiger partial charge is 0.392 e. The average molecular weight is 181 g/mol. The first-order chi connectivity index (χ1) is 6.24. The highest BCUT2D eigenvalue weighted by atomic mass is 19.1. The van der Waals surface area contributed by atoms with Gasteiger partial charge in [0.2, 0.25) is 0 Å². The van der Waals surface area contributed by atoms with E-state index in [-0.39, 0.29) is 18.5 Å². The fourth-order valence-electron chi connectivity index (χ4n) is 1.87. The molecule has 3 N–H and O–H groups in total. The second-order valence-electron chi connectivity index (χ2n) is 3.41. The van der Waals surface area contributed by atoms with E-state index in [1.54, 1.807) is 6.07 Å². The van der Waals surface area contributed by atoms with Crippen LogP contribution in [0.5, 0.6) is 0 Å². The molecule has 1 aromatic carbocycles. The summed E-state index contributed by atoms with van der Waals surface area (Å²) in [6.07, 6.45) is 1.65. The summed E-state index contributed by atoms with van der Waals surface area (Å²) >= 11 is 0. The molecule has 1 aromatic rings. The van der Waals surface area contributed by atoms with E-state index in [4.69, 9.17) is 10.8 Å². The number of rotatable bonds is 1. The Morgan fingerprint density at radius 2 is 2.31 bits per heavy atom. The number of aliphatic hydroxyl groups excluding tert-OH is 1. The number of benzene rings is 1. The fourth-order valence-corrected chi connectivity index (χ4v) is 1.87. The number of hydrogen-bond acceptors (Lipinski definition) is 2. The highest BCUT2D eigenvalue weighted by Crippen LogP contribution is 2.32. The quantitative estimate of drug-likeness (QED) is 0.685. The van der Waals surface area contributed by atoms with Crippen LogP contribution < -0.4 is 5.73 Å². The minimum atomic E-state index is -0.315. The molecule has 0 aliphatic heterocycles. The van der Waals surface area contributed by atoms with Crippen molar-refractivity contribution in [2.24, 2.45) is 5.73 Å². The molecule has 0 bridgehead atoms. The number of hydrogen-bond donors (Lipinski definition) is 2. The Bertz CT molecular complexity index is 338. The SMILES string of the molecule is NC1CCc2ccc(CO)c(F)c21. The molecule has 1 unspecified atom stereocenters. The summed E-state index contributed by atoms with van der Waals surface area (Å²) in [7, 11) is 0. The predicted octanol–water partition coefficient (Wildman–Crippen LogP) is 1.26. The van der Waals surface area contributed by atoms with E-state index >= 15 is 0 Å². The molecule has 13 heavy (non-hydrogen) atoms. The zero-order chi connectivity index (χ0) is 9.42. The van der Waals surface area contributed by atoms with E-state index in [0.29, 0.717) is 11.1 Å². The standard InChI is InChI=1S/C10H12FNO/c11-10-7(5-13)2-1-6-3-4-8(12)9(6)10/h1-2,8,13H,3-5,12H2. The molecule has 0 saturated heterocycles. The first kappa shape index (κ1) is 8.66. The Balaban J connectivity index is 2.56. The summed E-state index contributed by atoms with van der Waals surface area (Å²) in [5, 5.41) is 8.86. The van der Waals surface area contributed by atoms with E-state index in [9.17, 15) is 4.39 Å². The highest BCUT2D eigenvalue weighted by molar-refractivity contribution is 5.39. The highest BCUT2D eigenvalue weighted by Gasteiger charge is 2.24. The van der Waals surface area contributed by atoms with Crippen molar-refractivity contribution in [3.8, 4) is 0 Å². The molecular formula is C10H12FNO. The molecule has 70 valence electrons. The van der Waals surface area contributed by atoms with Gasteiger partial charge in [-0.25, -0.2) is 4.39 Å². The van der Waals surface area contributed by atoms with Gasteiger partial charge in [0, 0.05) is 17.2 Å². The Kier molecular flexibility index (Phi) is 2.06. The second kappa shape index (κ2) is 3.09. The van der Waals surface area contributed by atoms with Crippen LogP contribution in [0.15, 0.2) is 12.1 Å². The third kappa shape index (κ3) is 1.24. The summed E-state index contributed by atoms with van der Waals surface area (Å²) in [5.41, 5.74) is 7.68. The number of aliphatic hydroxyl groups is 1. The number of aryl methyl sites for hydroxylation is 1. The van der Waals surface area contributed by atoms with E-state index in [0.717, 1.165) is 18.4 Å². The molecule has 3 heteroatoms. The second-order valence-corrected chi connectivity index (χ2v) is 3.41. The molecule has 0 amide bonds. The smallest absolute Gasteiger partial charge is 0.133 e. The monoisotopic (exact) mass is 181 g/mol. The molecule has 0 radical (unpaired) electrons. The van der Waals surface area contributed by atoms with Crippen molar-refractivity contribution in [2.75, 3.05) is 0 Å². The number of halogens is 1. The maximum atomic E-state index is 13.6. The molecule has 2 nitrogen and oxygen atoms in total. The molecule has 0 fully saturated rings. The van der Waals surface area contributed by atoms with Crippen molar-refractivity contribution in [1.82, 2.24) is 0 Å². The molecular weight excluding hydrogens is 169 g/mol. The van der Waals surface area contributed by atoms with Gasteiger partial charge in [-0.15, -0.1) is 0 Å². The first-order valence-electron chi connectivity index (χ1n) is 4.40. The van der Waals surface area contributed by atoms with Gasteiger partial charge in [-0.3, -0.25) is 0 Å². The van der Waals surface area contributed by atoms with Crippen LogP contribution in [0.4, 0.5) is 4.39 Å². The van der Waals surface area contributed by atoms with Crippen molar-refractivity contribution in [2.45, 2.75) is 25.5 Å². The number of fused-ring (bicyclic) bond motifs is 1. The van der Waals surface area contributed by atoms with Gasteiger partial charge < -0.3 is 10.8 Å². The molecule has 1 aliphatic carbocycles. The van der Waals surface area contributed by atoms with Crippen LogP contribution in [0.25, 0.3) is 0 Å². The lowest BCUT2D eigenvalue weighted by atomic mass is 10.0.